The van der Waals surface area contributed by atoms with Crippen LogP contribution in [0.15, 0.2) is 52.7 Å². The fourth-order valence-electron chi connectivity index (χ4n) is 8.38. The van der Waals surface area contributed by atoms with Crippen molar-refractivity contribution in [2.45, 2.75) is 115 Å². The number of aliphatic hydroxyl groups is 5. The van der Waals surface area contributed by atoms with Crippen molar-refractivity contribution in [3.8, 4) is 23.0 Å². The summed E-state index contributed by atoms with van der Waals surface area (Å²) in [7, 11) is 1.41. The lowest BCUT2D eigenvalue weighted by molar-refractivity contribution is -0.160. The lowest BCUT2D eigenvalue weighted by atomic mass is 9.78. The number of phenolic OH excluding ortho intramolecular Hbond substituents is 3. The first-order valence-corrected chi connectivity index (χ1v) is 22.2. The van der Waals surface area contributed by atoms with Gasteiger partial charge in [-0.3, -0.25) is 19.2 Å². The minimum Gasteiger partial charge on any atom is -0.507 e. The van der Waals surface area contributed by atoms with Gasteiger partial charge in [0, 0.05) is 85.4 Å². The number of esters is 1. The van der Waals surface area contributed by atoms with Crippen LogP contribution >= 0.6 is 11.8 Å². The van der Waals surface area contributed by atoms with E-state index in [0.717, 1.165) is 24.1 Å². The van der Waals surface area contributed by atoms with Gasteiger partial charge in [-0.05, 0) is 26.0 Å². The summed E-state index contributed by atoms with van der Waals surface area (Å²) in [5.41, 5.74) is -0.479. The van der Waals surface area contributed by atoms with Crippen molar-refractivity contribution in [2.75, 3.05) is 24.7 Å². The van der Waals surface area contributed by atoms with E-state index in [0.29, 0.717) is 0 Å². The number of allylic oxidation sites excluding steroid dienone is 2. The second kappa shape index (κ2) is 20.6. The van der Waals surface area contributed by atoms with Crippen LogP contribution in [-0.2, 0) is 28.6 Å². The van der Waals surface area contributed by atoms with E-state index in [2.05, 4.69) is 10.6 Å². The van der Waals surface area contributed by atoms with E-state index in [1.807, 2.05) is 0 Å². The summed E-state index contributed by atoms with van der Waals surface area (Å²) in [5.74, 6) is -9.75. The van der Waals surface area contributed by atoms with Crippen molar-refractivity contribution in [1.82, 2.24) is 5.32 Å². The first kappa shape index (κ1) is 50.8. The normalized spacial score (nSPS) is 33.0. The van der Waals surface area contributed by atoms with Crippen LogP contribution in [0.2, 0.25) is 0 Å². The number of ketones is 1. The zero-order valence-corrected chi connectivity index (χ0v) is 38.5. The number of hydrogen-bond acceptors (Lipinski definition) is 17. The number of fused-ring (bicyclic) bond motifs is 14. The SMILES string of the molecule is CO[C@H]1/C=C/O[C@@]2(C)Oc3c(C)c(O)c4c(O)c(c(SCCNC(=O)C5=C[C@@H](O)[C@@H](O)[C@H](O)C5)c(O)c4c3C2=O)NC(=O)/C(C)=C\C=C\[C@@H](C)[C@H](O)[C@@H](C)[C@H](O)[C@@H](C)[C@H](OC(C)=O)[C@H]1C. The molecule has 6 rings (SSSR count). The highest BCUT2D eigenvalue weighted by atomic mass is 32.2. The fraction of sp³-hybridized carbons (Fsp3) is 0.522. The van der Waals surface area contributed by atoms with Crippen molar-refractivity contribution in [1.29, 1.82) is 0 Å². The third kappa shape index (κ3) is 10.3. The first-order valence-electron chi connectivity index (χ1n) is 21.2. The Hall–Kier alpha value is -5.15. The number of phenols is 3. The van der Waals surface area contributed by atoms with E-state index in [1.54, 1.807) is 33.8 Å². The number of Topliss-reactive ketones (excluding diaryl/α,β-unsaturated/α-hetero) is 1. The Bertz CT molecular complexity index is 2310. The number of ether oxygens (including phenoxy) is 4. The van der Waals surface area contributed by atoms with Crippen LogP contribution in [0.1, 0.15) is 70.8 Å². The average Bonchev–Trinajstić information content (AvgIpc) is 3.52. The molecule has 0 saturated heterocycles. The molecule has 0 fully saturated rings. The van der Waals surface area contributed by atoms with Crippen molar-refractivity contribution in [3.63, 3.8) is 0 Å². The fourth-order valence-corrected chi connectivity index (χ4v) is 9.32. The van der Waals surface area contributed by atoms with Gasteiger partial charge in [0.25, 0.3) is 11.7 Å². The molecule has 0 radical (unpaired) electrons. The zero-order chi connectivity index (χ0) is 48.4. The molecule has 4 aliphatic rings. The lowest BCUT2D eigenvalue weighted by Gasteiger charge is -2.38. The molecular weight excluding hydrogens is 869 g/mol. The molecule has 18 nitrogen and oxygen atoms in total. The predicted molar refractivity (Wildman–Crippen MR) is 238 cm³/mol. The number of carbonyl (C=O) groups is 4. The summed E-state index contributed by atoms with van der Waals surface area (Å²) in [5, 5.41) is 93.1. The Morgan fingerprint density at radius 1 is 0.923 bits per heavy atom. The number of aliphatic hydroxyl groups excluding tert-OH is 5. The smallest absolute Gasteiger partial charge is 0.312 e. The topological polar surface area (TPSA) is 291 Å². The highest BCUT2D eigenvalue weighted by Crippen LogP contribution is 2.57. The maximum atomic E-state index is 14.5. The predicted octanol–water partition coefficient (Wildman–Crippen LogP) is 3.38. The number of anilines is 1. The Balaban J connectivity index is 1.62. The molecule has 0 aromatic heterocycles. The Morgan fingerprint density at radius 2 is 1.60 bits per heavy atom. The van der Waals surface area contributed by atoms with Crippen LogP contribution in [0.5, 0.6) is 23.0 Å². The van der Waals surface area contributed by atoms with Crippen LogP contribution < -0.4 is 15.4 Å². The van der Waals surface area contributed by atoms with Gasteiger partial charge in [-0.2, -0.15) is 0 Å². The summed E-state index contributed by atoms with van der Waals surface area (Å²) < 4.78 is 23.5. The molecule has 0 unspecified atom stereocenters. The van der Waals surface area contributed by atoms with Gasteiger partial charge in [0.2, 0.25) is 5.91 Å². The van der Waals surface area contributed by atoms with Gasteiger partial charge >= 0.3 is 11.8 Å². The summed E-state index contributed by atoms with van der Waals surface area (Å²) >= 11 is 0.864. The number of nitrogens with one attached hydrogen (secondary N) is 2. The van der Waals surface area contributed by atoms with Crippen molar-refractivity contribution in [3.05, 3.63) is 58.9 Å². The van der Waals surface area contributed by atoms with Gasteiger partial charge in [-0.25, -0.2) is 0 Å². The number of hydrogen-bond donors (Lipinski definition) is 10. The number of thioether (sulfide) groups is 1. The number of carbonyl (C=O) groups excluding carboxylic acids is 4. The minimum atomic E-state index is -2.12. The molecule has 356 valence electrons. The van der Waals surface area contributed by atoms with E-state index in [-0.39, 0.29) is 68.1 Å². The molecule has 1 aliphatic carbocycles. The van der Waals surface area contributed by atoms with E-state index >= 15 is 0 Å². The van der Waals surface area contributed by atoms with Crippen molar-refractivity contribution < 1.29 is 79.0 Å². The highest BCUT2D eigenvalue weighted by Gasteiger charge is 2.50. The standard InChI is InChI=1S/C46H60N2O16S/c1-19-11-10-12-20(2)44(59)48-33-38(56)31-30(39(57)42(33)65-16-14-47-45(60)26-17-27(50)37(55)28(51)18-26)32-41(24(6)36(31)54)64-46(8,43(32)58)62-15-13-29(61-9)21(3)40(63-25(7)49)23(5)35(53)22(4)34(19)52/h10-13,15,17,19,21-23,27-29,34-35,37,40,50-57H,14,16,18H2,1-9H3,(H,47,60)(H,48,59)/b11-10+,15-13+,20-12-/t19-,21+,22-,23-,27-,28-,29+,34+,35+,37-,40-,46+/m1/s1. The van der Waals surface area contributed by atoms with Crippen LogP contribution in [-0.4, -0.2) is 132 Å². The summed E-state index contributed by atoms with van der Waals surface area (Å²) in [6.45, 7) is 12.1. The molecule has 2 aromatic rings. The molecule has 10 N–H and O–H groups in total. The molecule has 3 heterocycles. The number of aromatic hydroxyl groups is 3. The molecule has 3 aliphatic heterocycles. The largest absolute Gasteiger partial charge is 0.507 e. The van der Waals surface area contributed by atoms with Gasteiger partial charge in [0.15, 0.2) is 5.75 Å². The van der Waals surface area contributed by atoms with Crippen molar-refractivity contribution >= 4 is 51.8 Å². The molecule has 5 bridgehead atoms. The Morgan fingerprint density at radius 3 is 2.23 bits per heavy atom. The summed E-state index contributed by atoms with van der Waals surface area (Å²) in [6.07, 6.45) is -0.235. The Labute approximate surface area is 380 Å². The molecule has 65 heavy (non-hydrogen) atoms. The number of benzene rings is 2. The highest BCUT2D eigenvalue weighted by molar-refractivity contribution is 7.99. The molecule has 0 saturated carbocycles. The molecule has 19 heteroatoms. The second-order valence-corrected chi connectivity index (χ2v) is 18.2. The van der Waals surface area contributed by atoms with Crippen LogP contribution in [0.3, 0.4) is 0 Å². The van der Waals surface area contributed by atoms with Gasteiger partial charge in [-0.15, -0.1) is 11.8 Å². The maximum absolute atomic E-state index is 14.5. The summed E-state index contributed by atoms with van der Waals surface area (Å²) in [4.78, 5) is 53.4. The molecule has 2 aromatic carbocycles. The van der Waals surface area contributed by atoms with Gasteiger partial charge in [-0.1, -0.05) is 45.9 Å². The Kier molecular flexibility index (Phi) is 16.1. The third-order valence-corrected chi connectivity index (χ3v) is 13.5. The monoisotopic (exact) mass is 928 g/mol. The third-order valence-electron chi connectivity index (χ3n) is 12.4. The number of methoxy groups -OCH3 is 1. The average molecular weight is 929 g/mol. The van der Waals surface area contributed by atoms with Crippen LogP contribution in [0.25, 0.3) is 10.8 Å². The maximum Gasteiger partial charge on any atom is 0.312 e. The van der Waals surface area contributed by atoms with Gasteiger partial charge in [0.1, 0.15) is 41.2 Å². The minimum absolute atomic E-state index is 0.00977. The van der Waals surface area contributed by atoms with Gasteiger partial charge in [0.05, 0.1) is 46.5 Å². The van der Waals surface area contributed by atoms with Crippen LogP contribution in [0, 0.1) is 30.6 Å². The van der Waals surface area contributed by atoms with Crippen molar-refractivity contribution in [2.24, 2.45) is 23.7 Å². The molecule has 0 spiro atoms. The lowest BCUT2D eigenvalue weighted by Crippen LogP contribution is -2.46. The molecular formula is C46H60N2O16S. The van der Waals surface area contributed by atoms with E-state index < -0.39 is 113 Å². The summed E-state index contributed by atoms with van der Waals surface area (Å²) in [6, 6.07) is 0. The second-order valence-electron chi connectivity index (χ2n) is 17.1. The quantitative estimate of drug-likeness (QED) is 0.0626. The van der Waals surface area contributed by atoms with Gasteiger partial charge < -0.3 is 70.4 Å². The first-order chi connectivity index (χ1) is 30.5. The zero-order valence-electron chi connectivity index (χ0n) is 37.7. The van der Waals surface area contributed by atoms with E-state index in [9.17, 15) is 60.0 Å². The molecule has 2 amide bonds. The molecule has 12 atom stereocenters. The van der Waals surface area contributed by atoms with Crippen LogP contribution in [0.4, 0.5) is 5.69 Å². The number of rotatable bonds is 7. The van der Waals surface area contributed by atoms with E-state index in [4.69, 9.17) is 18.9 Å². The number of amides is 2. The van der Waals surface area contributed by atoms with E-state index in [1.165, 1.54) is 53.0 Å².